The number of hydrogen-bond acceptors (Lipinski definition) is 2. The van der Waals surface area contributed by atoms with Crippen LogP contribution < -0.4 is 10.5 Å². The number of nitrogens with two attached hydrogens (primary N) is 1. The van der Waals surface area contributed by atoms with E-state index in [4.69, 9.17) is 22.1 Å². The molecule has 0 aliphatic heterocycles. The highest BCUT2D eigenvalue weighted by molar-refractivity contribution is 6.32. The third-order valence-corrected chi connectivity index (χ3v) is 4.09. The van der Waals surface area contributed by atoms with Crippen LogP contribution in [0.4, 0.5) is 0 Å². The predicted molar refractivity (Wildman–Crippen MR) is 76.1 cm³/mol. The van der Waals surface area contributed by atoms with Crippen LogP contribution in [0.1, 0.15) is 51.1 Å². The molecule has 1 aromatic carbocycles. The molecule has 0 amide bonds. The molecule has 1 aliphatic carbocycles. The van der Waals surface area contributed by atoms with Gasteiger partial charge in [-0.25, -0.2) is 0 Å². The molecule has 0 heterocycles. The zero-order chi connectivity index (χ0) is 13.1. The average molecular weight is 268 g/mol. The molecule has 1 saturated carbocycles. The van der Waals surface area contributed by atoms with Crippen LogP contribution in [-0.2, 0) is 0 Å². The maximum atomic E-state index is 6.26. The Bertz CT molecular complexity index is 405. The highest BCUT2D eigenvalue weighted by Gasteiger charge is 2.23. The minimum absolute atomic E-state index is 0.00477. The van der Waals surface area contributed by atoms with Crippen molar-refractivity contribution in [2.45, 2.75) is 51.7 Å². The van der Waals surface area contributed by atoms with Gasteiger partial charge in [-0.2, -0.15) is 0 Å². The van der Waals surface area contributed by atoms with Crippen LogP contribution in [0.25, 0.3) is 0 Å². The summed E-state index contributed by atoms with van der Waals surface area (Å²) in [5, 5.41) is 0.669. The molecule has 0 aromatic heterocycles. The lowest BCUT2D eigenvalue weighted by Gasteiger charge is -2.29. The second-order valence-electron chi connectivity index (χ2n) is 5.40. The van der Waals surface area contributed by atoms with Gasteiger partial charge in [0.15, 0.2) is 0 Å². The topological polar surface area (TPSA) is 35.2 Å². The third-order valence-electron chi connectivity index (χ3n) is 3.79. The van der Waals surface area contributed by atoms with E-state index in [1.54, 1.807) is 0 Å². The van der Waals surface area contributed by atoms with E-state index in [0.717, 1.165) is 17.7 Å². The van der Waals surface area contributed by atoms with E-state index in [1.165, 1.54) is 19.3 Å². The molecule has 2 N–H and O–H groups in total. The van der Waals surface area contributed by atoms with Crippen LogP contribution in [0.5, 0.6) is 5.75 Å². The maximum Gasteiger partial charge on any atom is 0.138 e. The number of benzene rings is 1. The van der Waals surface area contributed by atoms with Crippen molar-refractivity contribution in [3.05, 3.63) is 28.8 Å². The molecule has 1 aromatic rings. The second kappa shape index (κ2) is 5.94. The van der Waals surface area contributed by atoms with Gasteiger partial charge in [0, 0.05) is 6.04 Å². The normalized spacial score (nSPS) is 25.8. The van der Waals surface area contributed by atoms with Crippen molar-refractivity contribution < 1.29 is 4.74 Å². The minimum atomic E-state index is 0.00477. The molecule has 3 heteroatoms. The van der Waals surface area contributed by atoms with Crippen LogP contribution in [0, 0.1) is 5.92 Å². The summed E-state index contributed by atoms with van der Waals surface area (Å²) in [7, 11) is 0. The molecule has 2 unspecified atom stereocenters. The summed E-state index contributed by atoms with van der Waals surface area (Å²) in [5.41, 5.74) is 6.88. The Hall–Kier alpha value is -0.730. The van der Waals surface area contributed by atoms with E-state index >= 15 is 0 Å². The third kappa shape index (κ3) is 3.18. The Balaban J connectivity index is 2.09. The number of ether oxygens (including phenoxy) is 1. The van der Waals surface area contributed by atoms with Gasteiger partial charge in [-0.05, 0) is 49.8 Å². The standard InChI is InChI=1S/C15H22ClNO/c1-10-5-3-4-6-14(10)18-15-8-7-12(11(2)17)9-13(15)16/h7-11,14H,3-6,17H2,1-2H3/t10?,11-,14?/m0/s1. The summed E-state index contributed by atoms with van der Waals surface area (Å²) in [6.45, 7) is 4.21. The van der Waals surface area contributed by atoms with Gasteiger partial charge in [0.1, 0.15) is 11.9 Å². The quantitative estimate of drug-likeness (QED) is 0.885. The largest absolute Gasteiger partial charge is 0.489 e. The number of rotatable bonds is 3. The SMILES string of the molecule is CC1CCCCC1Oc1ccc([C@H](C)N)cc1Cl. The Labute approximate surface area is 114 Å². The van der Waals surface area contributed by atoms with Crippen LogP contribution in [0.3, 0.4) is 0 Å². The Kier molecular flexibility index (Phi) is 4.52. The molecule has 1 aliphatic rings. The Morgan fingerprint density at radius 2 is 2.06 bits per heavy atom. The molecule has 2 nitrogen and oxygen atoms in total. The minimum Gasteiger partial charge on any atom is -0.489 e. The first-order valence-electron chi connectivity index (χ1n) is 6.79. The first kappa shape index (κ1) is 13.7. The van der Waals surface area contributed by atoms with E-state index < -0.39 is 0 Å². The smallest absolute Gasteiger partial charge is 0.138 e. The molecule has 0 bridgehead atoms. The first-order valence-corrected chi connectivity index (χ1v) is 7.17. The highest BCUT2D eigenvalue weighted by Crippen LogP contribution is 2.33. The molecular weight excluding hydrogens is 246 g/mol. The van der Waals surface area contributed by atoms with E-state index in [0.29, 0.717) is 17.0 Å². The van der Waals surface area contributed by atoms with Crippen molar-refractivity contribution in [1.29, 1.82) is 0 Å². The molecule has 18 heavy (non-hydrogen) atoms. The van der Waals surface area contributed by atoms with Crippen molar-refractivity contribution >= 4 is 11.6 Å². The van der Waals surface area contributed by atoms with Crippen molar-refractivity contribution in [3.8, 4) is 5.75 Å². The molecule has 0 spiro atoms. The van der Waals surface area contributed by atoms with E-state index in [1.807, 2.05) is 25.1 Å². The maximum absolute atomic E-state index is 6.26. The lowest BCUT2D eigenvalue weighted by Crippen LogP contribution is -2.28. The fourth-order valence-electron chi connectivity index (χ4n) is 2.52. The van der Waals surface area contributed by atoms with Gasteiger partial charge in [0.05, 0.1) is 5.02 Å². The molecule has 2 rings (SSSR count). The molecule has 0 radical (unpaired) electrons. The summed E-state index contributed by atoms with van der Waals surface area (Å²) in [6, 6.07) is 5.86. The zero-order valence-electron chi connectivity index (χ0n) is 11.2. The molecule has 3 atom stereocenters. The fraction of sp³-hybridized carbons (Fsp3) is 0.600. The summed E-state index contributed by atoms with van der Waals surface area (Å²) in [5.74, 6) is 1.41. The molecule has 0 saturated heterocycles. The fourth-order valence-corrected chi connectivity index (χ4v) is 2.75. The average Bonchev–Trinajstić information content (AvgIpc) is 2.34. The van der Waals surface area contributed by atoms with E-state index in [-0.39, 0.29) is 6.04 Å². The van der Waals surface area contributed by atoms with Gasteiger partial charge in [-0.3, -0.25) is 0 Å². The summed E-state index contributed by atoms with van der Waals surface area (Å²) < 4.78 is 6.06. The number of halogens is 1. The van der Waals surface area contributed by atoms with E-state index in [9.17, 15) is 0 Å². The predicted octanol–water partition coefficient (Wildman–Crippen LogP) is 4.32. The van der Waals surface area contributed by atoms with Gasteiger partial charge in [-0.1, -0.05) is 31.0 Å². The lowest BCUT2D eigenvalue weighted by atomic mass is 9.88. The summed E-state index contributed by atoms with van der Waals surface area (Å²) in [4.78, 5) is 0. The number of hydrogen-bond donors (Lipinski definition) is 1. The van der Waals surface area contributed by atoms with Crippen LogP contribution in [0.2, 0.25) is 5.02 Å². The first-order chi connectivity index (χ1) is 8.58. The van der Waals surface area contributed by atoms with Crippen molar-refractivity contribution in [1.82, 2.24) is 0 Å². The Morgan fingerprint density at radius 1 is 1.33 bits per heavy atom. The van der Waals surface area contributed by atoms with Crippen LogP contribution >= 0.6 is 11.6 Å². The van der Waals surface area contributed by atoms with Crippen LogP contribution in [-0.4, -0.2) is 6.10 Å². The summed E-state index contributed by atoms with van der Waals surface area (Å²) in [6.07, 6.45) is 5.26. The van der Waals surface area contributed by atoms with Gasteiger partial charge < -0.3 is 10.5 Å². The van der Waals surface area contributed by atoms with Gasteiger partial charge in [0.2, 0.25) is 0 Å². The molecular formula is C15H22ClNO. The summed E-state index contributed by atoms with van der Waals surface area (Å²) >= 11 is 6.26. The monoisotopic (exact) mass is 267 g/mol. The van der Waals surface area contributed by atoms with Crippen molar-refractivity contribution in [2.75, 3.05) is 0 Å². The van der Waals surface area contributed by atoms with E-state index in [2.05, 4.69) is 6.92 Å². The Morgan fingerprint density at radius 3 is 2.67 bits per heavy atom. The zero-order valence-corrected chi connectivity index (χ0v) is 11.9. The highest BCUT2D eigenvalue weighted by atomic mass is 35.5. The van der Waals surface area contributed by atoms with Gasteiger partial charge in [0.25, 0.3) is 0 Å². The molecule has 1 fully saturated rings. The van der Waals surface area contributed by atoms with Gasteiger partial charge >= 0.3 is 0 Å². The second-order valence-corrected chi connectivity index (χ2v) is 5.80. The van der Waals surface area contributed by atoms with Gasteiger partial charge in [-0.15, -0.1) is 0 Å². The van der Waals surface area contributed by atoms with Crippen molar-refractivity contribution in [3.63, 3.8) is 0 Å². The van der Waals surface area contributed by atoms with Crippen molar-refractivity contribution in [2.24, 2.45) is 11.7 Å². The molecule has 100 valence electrons. The van der Waals surface area contributed by atoms with Crippen LogP contribution in [0.15, 0.2) is 18.2 Å². The lowest BCUT2D eigenvalue weighted by molar-refractivity contribution is 0.103.